The van der Waals surface area contributed by atoms with Crippen LogP contribution in [0.5, 0.6) is 0 Å². The molecule has 0 N–H and O–H groups in total. The van der Waals surface area contributed by atoms with Crippen LogP contribution in [-0.4, -0.2) is 22.0 Å². The fourth-order valence-electron chi connectivity index (χ4n) is 2.00. The predicted octanol–water partition coefficient (Wildman–Crippen LogP) is 3.31. The minimum Gasteiger partial charge on any atom is -0.354 e. The van der Waals surface area contributed by atoms with E-state index < -0.39 is 0 Å². The van der Waals surface area contributed by atoms with E-state index in [1.165, 1.54) is 5.56 Å². The van der Waals surface area contributed by atoms with Crippen molar-refractivity contribution >= 4 is 28.5 Å². The molecule has 0 radical (unpaired) electrons. The van der Waals surface area contributed by atoms with Gasteiger partial charge in [0, 0.05) is 31.0 Å². The maximum Gasteiger partial charge on any atom is 0.147 e. The predicted molar refractivity (Wildman–Crippen MR) is 80.9 cm³/mol. The molecule has 0 saturated carbocycles. The average molecular weight is 285 g/mol. The Balaban J connectivity index is 1.88. The van der Waals surface area contributed by atoms with Crippen LogP contribution >= 0.6 is 11.6 Å². The Morgan fingerprint density at radius 2 is 1.90 bits per heavy atom. The summed E-state index contributed by atoms with van der Waals surface area (Å²) in [5.41, 5.74) is 2.83. The Morgan fingerprint density at radius 1 is 1.10 bits per heavy atom. The van der Waals surface area contributed by atoms with Gasteiger partial charge in [-0.25, -0.2) is 4.98 Å². The van der Waals surface area contributed by atoms with Crippen molar-refractivity contribution in [2.75, 3.05) is 11.9 Å². The molecule has 1 aromatic carbocycles. The van der Waals surface area contributed by atoms with Crippen molar-refractivity contribution < 1.29 is 0 Å². The third-order valence-corrected chi connectivity index (χ3v) is 3.29. The van der Waals surface area contributed by atoms with E-state index in [9.17, 15) is 0 Å². The zero-order chi connectivity index (χ0) is 13.9. The SMILES string of the molecule is CN(Cc1ccncc1)c1cnc2cc(Cl)ccc2n1. The van der Waals surface area contributed by atoms with E-state index in [0.29, 0.717) is 5.02 Å². The number of hydrogen-bond acceptors (Lipinski definition) is 4. The molecule has 0 bridgehead atoms. The first-order chi connectivity index (χ1) is 9.72. The van der Waals surface area contributed by atoms with Gasteiger partial charge in [-0.05, 0) is 35.9 Å². The molecule has 0 unspecified atom stereocenters. The van der Waals surface area contributed by atoms with Crippen molar-refractivity contribution in [3.05, 3.63) is 59.5 Å². The summed E-state index contributed by atoms with van der Waals surface area (Å²) in [6, 6.07) is 9.51. The number of aromatic nitrogens is 3. The number of nitrogens with zero attached hydrogens (tertiary/aromatic N) is 4. The molecule has 0 fully saturated rings. The third kappa shape index (κ3) is 2.70. The topological polar surface area (TPSA) is 41.9 Å². The highest BCUT2D eigenvalue weighted by Gasteiger charge is 2.06. The van der Waals surface area contributed by atoms with Gasteiger partial charge in [0.2, 0.25) is 0 Å². The number of benzene rings is 1. The fourth-order valence-corrected chi connectivity index (χ4v) is 2.17. The van der Waals surface area contributed by atoms with Gasteiger partial charge in [-0.2, -0.15) is 0 Å². The average Bonchev–Trinajstić information content (AvgIpc) is 2.47. The summed E-state index contributed by atoms with van der Waals surface area (Å²) in [6.45, 7) is 0.760. The summed E-state index contributed by atoms with van der Waals surface area (Å²) >= 11 is 5.94. The van der Waals surface area contributed by atoms with E-state index in [0.717, 1.165) is 23.4 Å². The molecule has 0 atom stereocenters. The van der Waals surface area contributed by atoms with E-state index in [1.807, 2.05) is 37.4 Å². The van der Waals surface area contributed by atoms with E-state index in [4.69, 9.17) is 11.6 Å². The molecule has 20 heavy (non-hydrogen) atoms. The zero-order valence-electron chi connectivity index (χ0n) is 11.0. The van der Waals surface area contributed by atoms with Crippen molar-refractivity contribution in [3.63, 3.8) is 0 Å². The smallest absolute Gasteiger partial charge is 0.147 e. The standard InChI is InChI=1S/C15H13ClN4/c1-20(10-11-4-6-17-7-5-11)15-9-18-14-8-12(16)2-3-13(14)19-15/h2-9H,10H2,1H3. The number of anilines is 1. The van der Waals surface area contributed by atoms with Gasteiger partial charge in [0.15, 0.2) is 0 Å². The molecule has 4 nitrogen and oxygen atoms in total. The van der Waals surface area contributed by atoms with Crippen molar-refractivity contribution in [1.29, 1.82) is 0 Å². The molecule has 0 saturated heterocycles. The first-order valence-electron chi connectivity index (χ1n) is 6.25. The summed E-state index contributed by atoms with van der Waals surface area (Å²) < 4.78 is 0. The second kappa shape index (κ2) is 5.43. The molecular weight excluding hydrogens is 272 g/mol. The van der Waals surface area contributed by atoms with Crippen molar-refractivity contribution in [1.82, 2.24) is 15.0 Å². The van der Waals surface area contributed by atoms with Crippen LogP contribution in [0.25, 0.3) is 11.0 Å². The molecule has 0 spiro atoms. The van der Waals surface area contributed by atoms with Gasteiger partial charge < -0.3 is 4.90 Å². The van der Waals surface area contributed by atoms with Crippen molar-refractivity contribution in [2.24, 2.45) is 0 Å². The molecule has 5 heteroatoms. The fraction of sp³-hybridized carbons (Fsp3) is 0.133. The van der Waals surface area contributed by atoms with Gasteiger partial charge in [-0.3, -0.25) is 9.97 Å². The van der Waals surface area contributed by atoms with Gasteiger partial charge in [0.25, 0.3) is 0 Å². The quantitative estimate of drug-likeness (QED) is 0.740. The highest BCUT2D eigenvalue weighted by molar-refractivity contribution is 6.31. The highest BCUT2D eigenvalue weighted by atomic mass is 35.5. The molecule has 0 aliphatic heterocycles. The first kappa shape index (κ1) is 12.8. The lowest BCUT2D eigenvalue weighted by molar-refractivity contribution is 0.894. The Morgan fingerprint density at radius 3 is 2.70 bits per heavy atom. The molecular formula is C15H13ClN4. The summed E-state index contributed by atoms with van der Waals surface area (Å²) in [5, 5.41) is 0.671. The molecule has 100 valence electrons. The van der Waals surface area contributed by atoms with Gasteiger partial charge >= 0.3 is 0 Å². The van der Waals surface area contributed by atoms with Gasteiger partial charge in [-0.15, -0.1) is 0 Å². The molecule has 3 aromatic rings. The zero-order valence-corrected chi connectivity index (χ0v) is 11.7. The van der Waals surface area contributed by atoms with Crippen molar-refractivity contribution in [2.45, 2.75) is 6.54 Å². The van der Waals surface area contributed by atoms with Gasteiger partial charge in [-0.1, -0.05) is 11.6 Å². The van der Waals surface area contributed by atoms with E-state index >= 15 is 0 Å². The number of halogens is 1. The second-order valence-corrected chi connectivity index (χ2v) is 5.01. The maximum absolute atomic E-state index is 5.94. The Hall–Kier alpha value is -2.20. The van der Waals surface area contributed by atoms with Crippen LogP contribution in [0.15, 0.2) is 48.9 Å². The van der Waals surface area contributed by atoms with E-state index in [-0.39, 0.29) is 0 Å². The lowest BCUT2D eigenvalue weighted by Gasteiger charge is -2.18. The Bertz CT molecular complexity index is 730. The normalized spacial score (nSPS) is 10.7. The van der Waals surface area contributed by atoms with Crippen LogP contribution in [0.1, 0.15) is 5.56 Å². The molecule has 2 heterocycles. The summed E-state index contributed by atoms with van der Waals surface area (Å²) in [6.07, 6.45) is 5.34. The van der Waals surface area contributed by atoms with Crippen LogP contribution < -0.4 is 4.90 Å². The lowest BCUT2D eigenvalue weighted by atomic mass is 10.2. The largest absolute Gasteiger partial charge is 0.354 e. The van der Waals surface area contributed by atoms with Gasteiger partial charge in [0.05, 0.1) is 17.2 Å². The van der Waals surface area contributed by atoms with Crippen LogP contribution in [0.3, 0.4) is 0 Å². The van der Waals surface area contributed by atoms with Crippen LogP contribution in [0.4, 0.5) is 5.82 Å². The summed E-state index contributed by atoms with van der Waals surface area (Å²) in [7, 11) is 1.99. The van der Waals surface area contributed by atoms with Gasteiger partial charge in [0.1, 0.15) is 5.82 Å². The second-order valence-electron chi connectivity index (χ2n) is 4.57. The highest BCUT2D eigenvalue weighted by Crippen LogP contribution is 2.19. The first-order valence-corrected chi connectivity index (χ1v) is 6.62. The monoisotopic (exact) mass is 284 g/mol. The summed E-state index contributed by atoms with van der Waals surface area (Å²) in [4.78, 5) is 15.1. The Labute approximate surface area is 122 Å². The number of rotatable bonds is 3. The summed E-state index contributed by atoms with van der Waals surface area (Å²) in [5.74, 6) is 0.830. The maximum atomic E-state index is 5.94. The molecule has 3 rings (SSSR count). The molecule has 2 aromatic heterocycles. The van der Waals surface area contributed by atoms with Crippen LogP contribution in [0, 0.1) is 0 Å². The number of pyridine rings is 1. The van der Waals surface area contributed by atoms with Crippen molar-refractivity contribution in [3.8, 4) is 0 Å². The van der Waals surface area contributed by atoms with Crippen LogP contribution in [0.2, 0.25) is 5.02 Å². The molecule has 0 aliphatic rings. The number of hydrogen-bond donors (Lipinski definition) is 0. The van der Waals surface area contributed by atoms with E-state index in [1.54, 1.807) is 18.6 Å². The van der Waals surface area contributed by atoms with Crippen LogP contribution in [-0.2, 0) is 6.54 Å². The van der Waals surface area contributed by atoms with E-state index in [2.05, 4.69) is 19.9 Å². The number of fused-ring (bicyclic) bond motifs is 1. The molecule has 0 aliphatic carbocycles. The Kier molecular flexibility index (Phi) is 3.48. The lowest BCUT2D eigenvalue weighted by Crippen LogP contribution is -2.17. The minimum absolute atomic E-state index is 0.671. The molecule has 0 amide bonds. The third-order valence-electron chi connectivity index (χ3n) is 3.05. The minimum atomic E-state index is 0.671.